The van der Waals surface area contributed by atoms with E-state index in [1.54, 1.807) is 6.07 Å². The van der Waals surface area contributed by atoms with Crippen LogP contribution in [0.25, 0.3) is 0 Å². The fraction of sp³-hybridized carbons (Fsp3) is 0.500. The molecule has 4 heteroatoms. The number of benzene rings is 1. The van der Waals surface area contributed by atoms with Crippen molar-refractivity contribution in [3.8, 4) is 0 Å². The van der Waals surface area contributed by atoms with Crippen molar-refractivity contribution in [3.05, 3.63) is 35.1 Å². The number of carbonyl (C=O) groups is 1. The summed E-state index contributed by atoms with van der Waals surface area (Å²) in [4.78, 5) is 12.1. The maximum Gasteiger partial charge on any atom is 0.165 e. The summed E-state index contributed by atoms with van der Waals surface area (Å²) in [6.45, 7) is 2.32. The van der Waals surface area contributed by atoms with E-state index in [4.69, 9.17) is 10.5 Å². The van der Waals surface area contributed by atoms with E-state index in [1.807, 2.05) is 6.92 Å². The van der Waals surface area contributed by atoms with Gasteiger partial charge in [0.25, 0.3) is 0 Å². The average molecular weight is 251 g/mol. The lowest BCUT2D eigenvalue weighted by molar-refractivity contribution is -0.128. The molecular formula is C14H18FNO2. The Hall–Kier alpha value is -1.26. The van der Waals surface area contributed by atoms with Crippen molar-refractivity contribution in [2.24, 2.45) is 5.73 Å². The summed E-state index contributed by atoms with van der Waals surface area (Å²) >= 11 is 0. The second kappa shape index (κ2) is 5.59. The number of halogens is 1. The van der Waals surface area contributed by atoms with Crippen molar-refractivity contribution in [2.45, 2.75) is 38.4 Å². The molecule has 0 spiro atoms. The first-order valence-corrected chi connectivity index (χ1v) is 6.23. The van der Waals surface area contributed by atoms with Crippen molar-refractivity contribution >= 4 is 5.78 Å². The van der Waals surface area contributed by atoms with Crippen LogP contribution in [0.15, 0.2) is 18.2 Å². The second-order valence-electron chi connectivity index (χ2n) is 4.77. The first-order valence-electron chi connectivity index (χ1n) is 6.23. The molecule has 2 rings (SSSR count). The number of ketones is 1. The maximum absolute atomic E-state index is 13.1. The lowest BCUT2D eigenvalue weighted by Gasteiger charge is -2.12. The molecule has 0 amide bonds. The minimum absolute atomic E-state index is 0.00689. The highest BCUT2D eigenvalue weighted by Gasteiger charge is 2.29. The summed E-state index contributed by atoms with van der Waals surface area (Å²) in [5.41, 5.74) is 7.17. The molecule has 2 unspecified atom stereocenters. The summed E-state index contributed by atoms with van der Waals surface area (Å²) in [6.07, 6.45) is 1.39. The zero-order valence-corrected chi connectivity index (χ0v) is 10.5. The predicted molar refractivity (Wildman–Crippen MR) is 66.8 cm³/mol. The lowest BCUT2D eigenvalue weighted by Crippen LogP contribution is -2.26. The fourth-order valence-corrected chi connectivity index (χ4v) is 2.25. The molecule has 1 aromatic rings. The highest BCUT2D eigenvalue weighted by atomic mass is 19.1. The van der Waals surface area contributed by atoms with Crippen molar-refractivity contribution in [1.82, 2.24) is 0 Å². The van der Waals surface area contributed by atoms with Gasteiger partial charge in [-0.1, -0.05) is 6.07 Å². The van der Waals surface area contributed by atoms with E-state index in [1.165, 1.54) is 12.1 Å². The molecule has 1 fully saturated rings. The molecule has 3 nitrogen and oxygen atoms in total. The molecule has 1 aliphatic rings. The van der Waals surface area contributed by atoms with Gasteiger partial charge in [-0.15, -0.1) is 0 Å². The van der Waals surface area contributed by atoms with Gasteiger partial charge in [-0.2, -0.15) is 0 Å². The molecule has 0 aromatic heterocycles. The molecule has 1 aromatic carbocycles. The summed E-state index contributed by atoms with van der Waals surface area (Å²) in [5.74, 6) is -0.296. The molecule has 98 valence electrons. The molecule has 2 N–H and O–H groups in total. The number of carbonyl (C=O) groups excluding carboxylic acids is 1. The zero-order valence-electron chi connectivity index (χ0n) is 10.5. The number of nitrogens with two attached hydrogens (primary N) is 1. The van der Waals surface area contributed by atoms with Crippen LogP contribution in [0.4, 0.5) is 4.39 Å². The van der Waals surface area contributed by atoms with Crippen molar-refractivity contribution in [1.29, 1.82) is 0 Å². The van der Waals surface area contributed by atoms with Crippen LogP contribution in [0.2, 0.25) is 0 Å². The van der Waals surface area contributed by atoms with Crippen LogP contribution >= 0.6 is 0 Å². The van der Waals surface area contributed by atoms with E-state index in [9.17, 15) is 9.18 Å². The van der Waals surface area contributed by atoms with Crippen LogP contribution in [0, 0.1) is 12.7 Å². The lowest BCUT2D eigenvalue weighted by atomic mass is 9.99. The first-order chi connectivity index (χ1) is 8.60. The van der Waals surface area contributed by atoms with Gasteiger partial charge in [0.1, 0.15) is 11.9 Å². The van der Waals surface area contributed by atoms with Gasteiger partial charge in [0.15, 0.2) is 5.78 Å². The van der Waals surface area contributed by atoms with Crippen molar-refractivity contribution < 1.29 is 13.9 Å². The Kier molecular flexibility index (Phi) is 4.09. The second-order valence-corrected chi connectivity index (χ2v) is 4.77. The molecule has 18 heavy (non-hydrogen) atoms. The highest BCUT2D eigenvalue weighted by molar-refractivity contribution is 5.85. The minimum atomic E-state index is -0.374. The van der Waals surface area contributed by atoms with Gasteiger partial charge in [0.2, 0.25) is 0 Å². The molecule has 1 saturated heterocycles. The molecule has 2 atom stereocenters. The van der Waals surface area contributed by atoms with Gasteiger partial charge in [-0.05, 0) is 43.0 Å². The van der Waals surface area contributed by atoms with Crippen LogP contribution in [0.3, 0.4) is 0 Å². The standard InChI is InChI=1S/C14H18FNO2/c1-9-2-3-11(15)6-10(9)7-13(17)14-5-4-12(8-16)18-14/h2-3,6,12,14H,4-5,7-8,16H2,1H3. The van der Waals surface area contributed by atoms with Crippen LogP contribution in [0.5, 0.6) is 0 Å². The third-order valence-corrected chi connectivity index (χ3v) is 3.41. The van der Waals surface area contributed by atoms with Crippen molar-refractivity contribution in [3.63, 3.8) is 0 Å². The Balaban J connectivity index is 2.01. The number of rotatable bonds is 4. The van der Waals surface area contributed by atoms with Gasteiger partial charge in [-0.25, -0.2) is 4.39 Å². The smallest absolute Gasteiger partial charge is 0.165 e. The van der Waals surface area contributed by atoms with Crippen LogP contribution in [-0.4, -0.2) is 24.5 Å². The molecule has 0 saturated carbocycles. The van der Waals surface area contributed by atoms with E-state index >= 15 is 0 Å². The molecule has 0 aliphatic carbocycles. The molecule has 0 radical (unpaired) electrons. The predicted octanol–water partition coefficient (Wildman–Crippen LogP) is 1.75. The van der Waals surface area contributed by atoms with Gasteiger partial charge in [0.05, 0.1) is 6.10 Å². The number of hydrogen-bond donors (Lipinski definition) is 1. The molecule has 0 bridgehead atoms. The van der Waals surface area contributed by atoms with E-state index < -0.39 is 0 Å². The van der Waals surface area contributed by atoms with Gasteiger partial charge in [-0.3, -0.25) is 4.79 Å². The van der Waals surface area contributed by atoms with E-state index in [0.717, 1.165) is 24.0 Å². The van der Waals surface area contributed by atoms with Gasteiger partial charge >= 0.3 is 0 Å². The highest BCUT2D eigenvalue weighted by Crippen LogP contribution is 2.21. The fourth-order valence-electron chi connectivity index (χ4n) is 2.25. The van der Waals surface area contributed by atoms with E-state index in [0.29, 0.717) is 6.54 Å². The Morgan fingerprint density at radius 2 is 2.28 bits per heavy atom. The van der Waals surface area contributed by atoms with E-state index in [-0.39, 0.29) is 30.2 Å². The molecular weight excluding hydrogens is 233 g/mol. The third-order valence-electron chi connectivity index (χ3n) is 3.41. The summed E-state index contributed by atoms with van der Waals surface area (Å²) in [6, 6.07) is 4.51. The topological polar surface area (TPSA) is 52.3 Å². The Labute approximate surface area is 106 Å². The van der Waals surface area contributed by atoms with Gasteiger partial charge < -0.3 is 10.5 Å². The van der Waals surface area contributed by atoms with Crippen LogP contribution < -0.4 is 5.73 Å². The minimum Gasteiger partial charge on any atom is -0.366 e. The number of ether oxygens (including phenoxy) is 1. The number of Topliss-reactive ketones (excluding diaryl/α,β-unsaturated/α-hetero) is 1. The Morgan fingerprint density at radius 1 is 1.50 bits per heavy atom. The monoisotopic (exact) mass is 251 g/mol. The van der Waals surface area contributed by atoms with Gasteiger partial charge in [0, 0.05) is 13.0 Å². The summed E-state index contributed by atoms with van der Waals surface area (Å²) < 4.78 is 18.7. The molecule has 1 aliphatic heterocycles. The zero-order chi connectivity index (χ0) is 13.1. The molecule has 1 heterocycles. The largest absolute Gasteiger partial charge is 0.366 e. The average Bonchev–Trinajstić information content (AvgIpc) is 2.82. The summed E-state index contributed by atoms with van der Waals surface area (Å²) in [5, 5.41) is 0. The third kappa shape index (κ3) is 2.94. The number of aryl methyl sites for hydroxylation is 1. The Morgan fingerprint density at radius 3 is 2.94 bits per heavy atom. The maximum atomic E-state index is 13.1. The number of hydrogen-bond acceptors (Lipinski definition) is 3. The Bertz CT molecular complexity index is 447. The SMILES string of the molecule is Cc1ccc(F)cc1CC(=O)C1CCC(CN)O1. The summed E-state index contributed by atoms with van der Waals surface area (Å²) in [7, 11) is 0. The quantitative estimate of drug-likeness (QED) is 0.887. The van der Waals surface area contributed by atoms with Crippen LogP contribution in [0.1, 0.15) is 24.0 Å². The van der Waals surface area contributed by atoms with Crippen molar-refractivity contribution in [2.75, 3.05) is 6.54 Å². The normalized spacial score (nSPS) is 23.3. The van der Waals surface area contributed by atoms with E-state index in [2.05, 4.69) is 0 Å². The van der Waals surface area contributed by atoms with Crippen LogP contribution in [-0.2, 0) is 16.0 Å². The first kappa shape index (κ1) is 13.2.